The molecule has 0 aromatic heterocycles. The van der Waals surface area contributed by atoms with Gasteiger partial charge in [-0.05, 0) is 51.9 Å². The molecule has 0 heterocycles. The molecule has 20 heavy (non-hydrogen) atoms. The first-order valence-corrected chi connectivity index (χ1v) is 6.87. The summed E-state index contributed by atoms with van der Waals surface area (Å²) in [5, 5.41) is 11.9. The maximum absolute atomic E-state index is 11.8. The van der Waals surface area contributed by atoms with Crippen LogP contribution in [0.15, 0.2) is 0 Å². The van der Waals surface area contributed by atoms with Gasteiger partial charge in [-0.1, -0.05) is 0 Å². The topological polar surface area (TPSA) is 84.9 Å². The van der Waals surface area contributed by atoms with Gasteiger partial charge in [0.05, 0.1) is 6.10 Å². The molecule has 0 aromatic carbocycles. The Bertz CT molecular complexity index is 412. The van der Waals surface area contributed by atoms with Gasteiger partial charge in [-0.15, -0.1) is 0 Å². The predicted octanol–water partition coefficient (Wildman–Crippen LogP) is 1.92. The fourth-order valence-electron chi connectivity index (χ4n) is 3.38. The van der Waals surface area contributed by atoms with E-state index in [1.54, 1.807) is 27.9 Å². The molecule has 2 rings (SSSR count). The highest BCUT2D eigenvalue weighted by atomic mass is 16.6. The number of amides is 1. The van der Waals surface area contributed by atoms with Crippen LogP contribution >= 0.6 is 0 Å². The molecule has 2 aliphatic rings. The van der Waals surface area contributed by atoms with Gasteiger partial charge in [-0.25, -0.2) is 9.59 Å². The van der Waals surface area contributed by atoms with E-state index < -0.39 is 23.2 Å². The summed E-state index contributed by atoms with van der Waals surface area (Å²) in [6.45, 7) is 5.24. The molecule has 0 bridgehead atoms. The number of hydrogen-bond acceptors (Lipinski definition) is 4. The van der Waals surface area contributed by atoms with Crippen LogP contribution in [0.4, 0.5) is 4.79 Å². The van der Waals surface area contributed by atoms with Crippen molar-refractivity contribution in [2.75, 3.05) is 7.11 Å². The van der Waals surface area contributed by atoms with Crippen molar-refractivity contribution in [1.82, 2.24) is 5.32 Å². The highest BCUT2D eigenvalue weighted by Crippen LogP contribution is 2.61. The zero-order valence-corrected chi connectivity index (χ0v) is 12.5. The number of ether oxygens (including phenoxy) is 2. The van der Waals surface area contributed by atoms with Crippen LogP contribution in [0, 0.1) is 5.41 Å². The van der Waals surface area contributed by atoms with Crippen LogP contribution in [0.5, 0.6) is 0 Å². The van der Waals surface area contributed by atoms with Gasteiger partial charge in [0.1, 0.15) is 11.1 Å². The van der Waals surface area contributed by atoms with Crippen molar-refractivity contribution in [3.63, 3.8) is 0 Å². The van der Waals surface area contributed by atoms with Gasteiger partial charge in [0.25, 0.3) is 0 Å². The van der Waals surface area contributed by atoms with E-state index >= 15 is 0 Å². The average molecular weight is 285 g/mol. The molecular weight excluding hydrogens is 262 g/mol. The summed E-state index contributed by atoms with van der Waals surface area (Å²) in [5.41, 5.74) is -1.79. The molecule has 2 N–H and O–H groups in total. The van der Waals surface area contributed by atoms with E-state index in [4.69, 9.17) is 9.47 Å². The number of carboxylic acids is 1. The molecule has 2 saturated carbocycles. The van der Waals surface area contributed by atoms with E-state index in [0.717, 1.165) is 12.8 Å². The minimum absolute atomic E-state index is 0.0219. The van der Waals surface area contributed by atoms with Crippen molar-refractivity contribution in [3.05, 3.63) is 0 Å². The van der Waals surface area contributed by atoms with Gasteiger partial charge in [0.2, 0.25) is 0 Å². The lowest BCUT2D eigenvalue weighted by atomic mass is 9.47. The van der Waals surface area contributed by atoms with E-state index in [1.807, 2.05) is 0 Å². The number of carboxylic acid groups (broad SMARTS) is 1. The maximum Gasteiger partial charge on any atom is 0.408 e. The van der Waals surface area contributed by atoms with Crippen molar-refractivity contribution in [1.29, 1.82) is 0 Å². The first-order chi connectivity index (χ1) is 9.10. The first-order valence-electron chi connectivity index (χ1n) is 6.87. The molecule has 0 radical (unpaired) electrons. The van der Waals surface area contributed by atoms with Crippen LogP contribution in [-0.2, 0) is 14.3 Å². The third-order valence-corrected chi connectivity index (χ3v) is 4.16. The molecule has 2 fully saturated rings. The van der Waals surface area contributed by atoms with Crippen molar-refractivity contribution >= 4 is 12.1 Å². The quantitative estimate of drug-likeness (QED) is 0.827. The monoisotopic (exact) mass is 285 g/mol. The molecule has 6 nitrogen and oxygen atoms in total. The Hall–Kier alpha value is -1.30. The number of rotatable bonds is 3. The van der Waals surface area contributed by atoms with Crippen molar-refractivity contribution in [2.24, 2.45) is 5.41 Å². The van der Waals surface area contributed by atoms with E-state index in [-0.39, 0.29) is 11.5 Å². The third-order valence-electron chi connectivity index (χ3n) is 4.16. The lowest BCUT2D eigenvalue weighted by molar-refractivity contribution is -0.177. The molecular formula is C14H23NO5. The Morgan fingerprint density at radius 2 is 1.80 bits per heavy atom. The normalized spacial score (nSPS) is 35.9. The largest absolute Gasteiger partial charge is 0.480 e. The van der Waals surface area contributed by atoms with Gasteiger partial charge < -0.3 is 19.9 Å². The number of nitrogens with one attached hydrogen (secondary N) is 1. The maximum atomic E-state index is 11.8. The lowest BCUT2D eigenvalue weighted by Gasteiger charge is -2.61. The minimum Gasteiger partial charge on any atom is -0.480 e. The van der Waals surface area contributed by atoms with Gasteiger partial charge >= 0.3 is 12.1 Å². The third kappa shape index (κ3) is 2.75. The van der Waals surface area contributed by atoms with Gasteiger partial charge in [-0.2, -0.15) is 0 Å². The average Bonchev–Trinajstić information content (AvgIpc) is 2.16. The summed E-state index contributed by atoms with van der Waals surface area (Å²) in [7, 11) is 1.67. The zero-order valence-electron chi connectivity index (χ0n) is 12.5. The molecule has 1 amide bonds. The molecule has 6 heteroatoms. The summed E-state index contributed by atoms with van der Waals surface area (Å²) < 4.78 is 10.4. The molecule has 0 aliphatic heterocycles. The first kappa shape index (κ1) is 15.1. The standard InChI is InChI=1S/C14H23NO5/c1-12(2,3)20-11(18)15-14(10(16)17)7-13(8-14)5-9(6-13)19-4/h9H,5-8H2,1-4H3,(H,15,18)(H,16,17). The number of carbonyl (C=O) groups is 2. The summed E-state index contributed by atoms with van der Waals surface area (Å²) in [6, 6.07) is 0. The van der Waals surface area contributed by atoms with E-state index in [1.165, 1.54) is 0 Å². The van der Waals surface area contributed by atoms with Crippen LogP contribution in [0.1, 0.15) is 46.5 Å². The summed E-state index contributed by atoms with van der Waals surface area (Å²) in [6.07, 6.45) is 2.20. The number of alkyl carbamates (subject to hydrolysis) is 1. The molecule has 1 spiro atoms. The lowest BCUT2D eigenvalue weighted by Crippen LogP contribution is -2.70. The predicted molar refractivity (Wildman–Crippen MR) is 71.4 cm³/mol. The van der Waals surface area contributed by atoms with Crippen LogP contribution < -0.4 is 5.32 Å². The number of methoxy groups -OCH3 is 1. The number of carbonyl (C=O) groups excluding carboxylic acids is 1. The van der Waals surface area contributed by atoms with Gasteiger partial charge in [0.15, 0.2) is 0 Å². The Balaban J connectivity index is 1.94. The van der Waals surface area contributed by atoms with Crippen LogP contribution in [0.2, 0.25) is 0 Å². The number of aliphatic carboxylic acids is 1. The SMILES string of the molecule is COC1CC2(C1)CC(NC(=O)OC(C)(C)C)(C(=O)O)C2. The van der Waals surface area contributed by atoms with Gasteiger partial charge in [0, 0.05) is 7.11 Å². The molecule has 0 atom stereocenters. The molecule has 114 valence electrons. The second-order valence-corrected chi connectivity index (χ2v) is 7.13. The van der Waals surface area contributed by atoms with Crippen molar-refractivity contribution in [2.45, 2.75) is 63.7 Å². The molecule has 0 saturated heterocycles. The van der Waals surface area contributed by atoms with Crippen LogP contribution in [0.3, 0.4) is 0 Å². The van der Waals surface area contributed by atoms with E-state index in [2.05, 4.69) is 5.32 Å². The highest BCUT2D eigenvalue weighted by Gasteiger charge is 2.64. The van der Waals surface area contributed by atoms with E-state index in [0.29, 0.717) is 12.8 Å². The Labute approximate surface area is 118 Å². The van der Waals surface area contributed by atoms with Crippen LogP contribution in [0.25, 0.3) is 0 Å². The highest BCUT2D eigenvalue weighted by molar-refractivity contribution is 5.86. The number of hydrogen-bond donors (Lipinski definition) is 2. The minimum atomic E-state index is -1.18. The Morgan fingerprint density at radius 1 is 1.25 bits per heavy atom. The summed E-state index contributed by atoms with van der Waals surface area (Å²) in [5.74, 6) is -0.991. The molecule has 2 aliphatic carbocycles. The van der Waals surface area contributed by atoms with Crippen molar-refractivity contribution < 1.29 is 24.2 Å². The smallest absolute Gasteiger partial charge is 0.408 e. The summed E-state index contributed by atoms with van der Waals surface area (Å²) >= 11 is 0. The second kappa shape index (κ2) is 4.62. The Morgan fingerprint density at radius 3 is 2.20 bits per heavy atom. The molecule has 0 unspecified atom stereocenters. The van der Waals surface area contributed by atoms with Crippen molar-refractivity contribution in [3.8, 4) is 0 Å². The fourth-order valence-corrected chi connectivity index (χ4v) is 3.38. The van der Waals surface area contributed by atoms with Gasteiger partial charge in [-0.3, -0.25) is 0 Å². The van der Waals surface area contributed by atoms with Crippen LogP contribution in [-0.4, -0.2) is 41.5 Å². The second-order valence-electron chi connectivity index (χ2n) is 7.13. The zero-order chi connectivity index (χ0) is 15.2. The van der Waals surface area contributed by atoms with E-state index in [9.17, 15) is 14.7 Å². The molecule has 0 aromatic rings. The Kier molecular flexibility index (Phi) is 3.48. The fraction of sp³-hybridized carbons (Fsp3) is 0.857. The summed E-state index contributed by atoms with van der Waals surface area (Å²) in [4.78, 5) is 23.3.